The van der Waals surface area contributed by atoms with E-state index in [0.29, 0.717) is 0 Å². The third-order valence-electron chi connectivity index (χ3n) is 1.65. The Bertz CT molecular complexity index is 337. The maximum Gasteiger partial charge on any atom is 0.325 e. The first kappa shape index (κ1) is 9.34. The highest BCUT2D eigenvalue weighted by Gasteiger charge is 2.19. The summed E-state index contributed by atoms with van der Waals surface area (Å²) in [5, 5.41) is 26.8. The van der Waals surface area contributed by atoms with Gasteiger partial charge in [-0.2, -0.15) is 0 Å². The van der Waals surface area contributed by atoms with E-state index < -0.39 is 17.8 Å². The van der Waals surface area contributed by atoms with E-state index in [-0.39, 0.29) is 11.3 Å². The van der Waals surface area contributed by atoms with Crippen LogP contribution in [0.25, 0.3) is 0 Å². The molecule has 70 valence electrons. The van der Waals surface area contributed by atoms with Crippen LogP contribution in [0.15, 0.2) is 18.2 Å². The minimum absolute atomic E-state index is 0.00694. The summed E-state index contributed by atoms with van der Waals surface area (Å²) in [4.78, 5) is 10.4. The van der Waals surface area contributed by atoms with Gasteiger partial charge in [-0.3, -0.25) is 4.79 Å². The zero-order valence-electron chi connectivity index (χ0n) is 6.64. The highest BCUT2D eigenvalue weighted by atomic mass is 16.4. The zero-order valence-corrected chi connectivity index (χ0v) is 6.64. The molecule has 0 saturated carbocycles. The summed E-state index contributed by atoms with van der Waals surface area (Å²) in [6.45, 7) is 0. The first-order chi connectivity index (χ1) is 6.04. The fraction of sp³-hybridized carbons (Fsp3) is 0.125. The number of aromatic hydroxyl groups is 2. The van der Waals surface area contributed by atoms with Crippen molar-refractivity contribution >= 4 is 5.97 Å². The monoisotopic (exact) mass is 183 g/mol. The smallest absolute Gasteiger partial charge is 0.325 e. The van der Waals surface area contributed by atoms with Crippen molar-refractivity contribution in [2.24, 2.45) is 5.73 Å². The van der Waals surface area contributed by atoms with Crippen molar-refractivity contribution < 1.29 is 20.1 Å². The number of phenolic OH excluding ortho intramolecular Hbond substituents is 2. The van der Waals surface area contributed by atoms with Gasteiger partial charge in [0.1, 0.15) is 6.04 Å². The van der Waals surface area contributed by atoms with Crippen LogP contribution in [0.2, 0.25) is 0 Å². The standard InChI is InChI=1S/C8H9NO4/c9-6(8(12)13)4-2-1-3-5(10)7(4)11/h1-3,6,10-11H,9H2,(H,12,13)/t6-/m0/s1. The SMILES string of the molecule is N[C@H](C(=O)O)c1cccc(O)c1O. The summed E-state index contributed by atoms with van der Waals surface area (Å²) in [7, 11) is 0. The van der Waals surface area contributed by atoms with Crippen LogP contribution in [-0.2, 0) is 4.79 Å². The number of carboxylic acid groups (broad SMARTS) is 1. The topological polar surface area (TPSA) is 104 Å². The average molecular weight is 183 g/mol. The van der Waals surface area contributed by atoms with E-state index in [1.54, 1.807) is 0 Å². The predicted octanol–water partition coefficient (Wildman–Crippen LogP) is 0.182. The predicted molar refractivity (Wildman–Crippen MR) is 44.3 cm³/mol. The summed E-state index contributed by atoms with van der Waals surface area (Å²) >= 11 is 0. The van der Waals surface area contributed by atoms with Gasteiger partial charge in [-0.15, -0.1) is 0 Å². The highest BCUT2D eigenvalue weighted by Crippen LogP contribution is 2.31. The van der Waals surface area contributed by atoms with E-state index in [4.69, 9.17) is 15.9 Å². The van der Waals surface area contributed by atoms with E-state index in [1.807, 2.05) is 0 Å². The number of rotatable bonds is 2. The highest BCUT2D eigenvalue weighted by molar-refractivity contribution is 5.76. The Morgan fingerprint density at radius 2 is 2.00 bits per heavy atom. The normalized spacial score (nSPS) is 12.4. The Kier molecular flexibility index (Phi) is 2.39. The molecule has 5 heteroatoms. The van der Waals surface area contributed by atoms with Gasteiger partial charge < -0.3 is 21.1 Å². The summed E-state index contributed by atoms with van der Waals surface area (Å²) in [6, 6.07) is 2.67. The van der Waals surface area contributed by atoms with Gasteiger partial charge in [0.15, 0.2) is 11.5 Å². The number of para-hydroxylation sites is 1. The number of nitrogens with two attached hydrogens (primary N) is 1. The van der Waals surface area contributed by atoms with Crippen molar-refractivity contribution in [3.8, 4) is 11.5 Å². The molecule has 0 spiro atoms. The second kappa shape index (κ2) is 3.32. The Morgan fingerprint density at radius 1 is 1.38 bits per heavy atom. The molecule has 0 radical (unpaired) electrons. The second-order valence-electron chi connectivity index (χ2n) is 2.53. The summed E-state index contributed by atoms with van der Waals surface area (Å²) in [5.74, 6) is -2.13. The minimum Gasteiger partial charge on any atom is -0.504 e. The van der Waals surface area contributed by atoms with Gasteiger partial charge in [0.25, 0.3) is 0 Å². The Hall–Kier alpha value is -1.75. The number of benzene rings is 1. The Balaban J connectivity index is 3.15. The van der Waals surface area contributed by atoms with Crippen molar-refractivity contribution in [2.45, 2.75) is 6.04 Å². The van der Waals surface area contributed by atoms with Crippen LogP contribution in [0.3, 0.4) is 0 Å². The molecule has 1 rings (SSSR count). The number of phenols is 2. The molecule has 1 aromatic rings. The molecule has 0 saturated heterocycles. The van der Waals surface area contributed by atoms with Crippen LogP contribution < -0.4 is 5.73 Å². The Labute approximate surface area is 74.0 Å². The first-order valence-corrected chi connectivity index (χ1v) is 3.53. The van der Waals surface area contributed by atoms with Crippen LogP contribution >= 0.6 is 0 Å². The molecule has 0 fully saturated rings. The van der Waals surface area contributed by atoms with Gasteiger partial charge in [0, 0.05) is 5.56 Å². The zero-order chi connectivity index (χ0) is 10.0. The molecule has 0 bridgehead atoms. The van der Waals surface area contributed by atoms with Crippen LogP contribution in [-0.4, -0.2) is 21.3 Å². The summed E-state index contributed by atoms with van der Waals surface area (Å²) in [6.07, 6.45) is 0. The second-order valence-corrected chi connectivity index (χ2v) is 2.53. The van der Waals surface area contributed by atoms with Crippen molar-refractivity contribution in [3.63, 3.8) is 0 Å². The fourth-order valence-electron chi connectivity index (χ4n) is 0.933. The van der Waals surface area contributed by atoms with E-state index >= 15 is 0 Å². The van der Waals surface area contributed by atoms with Gasteiger partial charge in [0.2, 0.25) is 0 Å². The fourth-order valence-corrected chi connectivity index (χ4v) is 0.933. The first-order valence-electron chi connectivity index (χ1n) is 3.53. The number of carboxylic acids is 1. The van der Waals surface area contributed by atoms with Crippen molar-refractivity contribution in [1.82, 2.24) is 0 Å². The van der Waals surface area contributed by atoms with E-state index in [9.17, 15) is 9.90 Å². The van der Waals surface area contributed by atoms with Gasteiger partial charge in [-0.25, -0.2) is 0 Å². The van der Waals surface area contributed by atoms with E-state index in [2.05, 4.69) is 0 Å². The van der Waals surface area contributed by atoms with E-state index in [0.717, 1.165) is 0 Å². The maximum absolute atomic E-state index is 10.4. The van der Waals surface area contributed by atoms with Gasteiger partial charge >= 0.3 is 5.97 Å². The molecular formula is C8H9NO4. The molecule has 13 heavy (non-hydrogen) atoms. The summed E-state index contributed by atoms with van der Waals surface area (Å²) < 4.78 is 0. The third-order valence-corrected chi connectivity index (χ3v) is 1.65. The lowest BCUT2D eigenvalue weighted by molar-refractivity contribution is -0.138. The minimum atomic E-state index is -1.33. The molecule has 1 atom stereocenters. The quantitative estimate of drug-likeness (QED) is 0.490. The molecule has 0 unspecified atom stereocenters. The molecule has 0 aromatic heterocycles. The number of carbonyl (C=O) groups is 1. The largest absolute Gasteiger partial charge is 0.504 e. The molecule has 0 heterocycles. The van der Waals surface area contributed by atoms with Gasteiger partial charge in [-0.1, -0.05) is 12.1 Å². The molecule has 5 nitrogen and oxygen atoms in total. The molecule has 5 N–H and O–H groups in total. The van der Waals surface area contributed by atoms with Crippen LogP contribution in [0.1, 0.15) is 11.6 Å². The number of hydrogen-bond donors (Lipinski definition) is 4. The number of hydrogen-bond acceptors (Lipinski definition) is 4. The van der Waals surface area contributed by atoms with Crippen molar-refractivity contribution in [3.05, 3.63) is 23.8 Å². The lowest BCUT2D eigenvalue weighted by Gasteiger charge is -2.09. The molecular weight excluding hydrogens is 174 g/mol. The maximum atomic E-state index is 10.4. The van der Waals surface area contributed by atoms with Crippen LogP contribution in [0.5, 0.6) is 11.5 Å². The van der Waals surface area contributed by atoms with Crippen LogP contribution in [0, 0.1) is 0 Å². The molecule has 0 aliphatic heterocycles. The molecule has 1 aromatic carbocycles. The van der Waals surface area contributed by atoms with Gasteiger partial charge in [0.05, 0.1) is 0 Å². The Morgan fingerprint density at radius 3 is 2.54 bits per heavy atom. The summed E-state index contributed by atoms with van der Waals surface area (Å²) in [5.41, 5.74) is 5.23. The molecule has 0 amide bonds. The van der Waals surface area contributed by atoms with Gasteiger partial charge in [-0.05, 0) is 6.07 Å². The van der Waals surface area contributed by atoms with E-state index in [1.165, 1.54) is 18.2 Å². The number of aliphatic carboxylic acids is 1. The van der Waals surface area contributed by atoms with Crippen molar-refractivity contribution in [1.29, 1.82) is 0 Å². The molecule has 0 aliphatic carbocycles. The third kappa shape index (κ3) is 1.70. The lowest BCUT2D eigenvalue weighted by atomic mass is 10.1. The average Bonchev–Trinajstić information content (AvgIpc) is 2.08. The van der Waals surface area contributed by atoms with Crippen LogP contribution in [0.4, 0.5) is 0 Å². The lowest BCUT2D eigenvalue weighted by Crippen LogP contribution is -2.20. The molecule has 0 aliphatic rings. The van der Waals surface area contributed by atoms with Crippen molar-refractivity contribution in [2.75, 3.05) is 0 Å².